The van der Waals surface area contributed by atoms with Gasteiger partial charge in [-0.15, -0.1) is 0 Å². The summed E-state index contributed by atoms with van der Waals surface area (Å²) in [6.45, 7) is 1.41. The van der Waals surface area contributed by atoms with E-state index in [0.717, 1.165) is 37.9 Å². The van der Waals surface area contributed by atoms with Crippen molar-refractivity contribution in [2.75, 3.05) is 32.6 Å². The van der Waals surface area contributed by atoms with Crippen LogP contribution in [-0.4, -0.2) is 44.2 Å². The van der Waals surface area contributed by atoms with E-state index < -0.39 is 0 Å². The van der Waals surface area contributed by atoms with Crippen molar-refractivity contribution in [2.24, 2.45) is 0 Å². The van der Waals surface area contributed by atoms with Gasteiger partial charge in [0.15, 0.2) is 11.5 Å². The van der Waals surface area contributed by atoms with Gasteiger partial charge in [-0.05, 0) is 49.9 Å². The third-order valence-corrected chi connectivity index (χ3v) is 5.12. The Morgan fingerprint density at radius 2 is 1.89 bits per heavy atom. The van der Waals surface area contributed by atoms with Gasteiger partial charge in [-0.1, -0.05) is 30.3 Å². The summed E-state index contributed by atoms with van der Waals surface area (Å²) in [7, 11) is 3.18. The third kappa shape index (κ3) is 5.23. The maximum atomic E-state index is 12.5. The molecule has 0 radical (unpaired) electrons. The van der Waals surface area contributed by atoms with E-state index in [-0.39, 0.29) is 5.91 Å². The number of hydrogen-bond acceptors (Lipinski definition) is 4. The maximum Gasteiger partial charge on any atom is 0.238 e. The number of ether oxygens (including phenoxy) is 2. The molecule has 3 rings (SSSR count). The maximum absolute atomic E-state index is 12.5. The second-order valence-corrected chi connectivity index (χ2v) is 6.91. The first-order valence-corrected chi connectivity index (χ1v) is 9.49. The summed E-state index contributed by atoms with van der Waals surface area (Å²) in [6.07, 6.45) is 4.46. The highest BCUT2D eigenvalue weighted by Gasteiger charge is 2.26. The molecule has 0 aliphatic carbocycles. The van der Waals surface area contributed by atoms with Crippen molar-refractivity contribution in [3.63, 3.8) is 0 Å². The fourth-order valence-corrected chi connectivity index (χ4v) is 3.71. The predicted molar refractivity (Wildman–Crippen MR) is 108 cm³/mol. The normalized spacial score (nSPS) is 16.9. The number of carbonyl (C=O) groups excluding carboxylic acids is 1. The number of nitrogens with zero attached hydrogens (tertiary/aromatic N) is 1. The number of carbonyl (C=O) groups is 1. The quantitative estimate of drug-likeness (QED) is 0.771. The predicted octanol–water partition coefficient (Wildman–Crippen LogP) is 3.74. The number of likely N-dealkylation sites (tertiary alicyclic amines) is 1. The van der Waals surface area contributed by atoms with Crippen molar-refractivity contribution in [3.8, 4) is 11.5 Å². The molecule has 5 nitrogen and oxygen atoms in total. The first kappa shape index (κ1) is 19.2. The minimum absolute atomic E-state index is 0.00818. The molecule has 0 bridgehead atoms. The highest BCUT2D eigenvalue weighted by atomic mass is 16.5. The number of anilines is 1. The highest BCUT2D eigenvalue weighted by Crippen LogP contribution is 2.30. The zero-order chi connectivity index (χ0) is 19.1. The van der Waals surface area contributed by atoms with Crippen LogP contribution in [-0.2, 0) is 11.2 Å². The fourth-order valence-electron chi connectivity index (χ4n) is 3.71. The van der Waals surface area contributed by atoms with Gasteiger partial charge in [0.2, 0.25) is 5.91 Å². The number of rotatable bonds is 8. The van der Waals surface area contributed by atoms with Crippen LogP contribution in [0.5, 0.6) is 11.5 Å². The molecule has 0 saturated carbocycles. The summed E-state index contributed by atoms with van der Waals surface area (Å²) < 4.78 is 10.5. The first-order chi connectivity index (χ1) is 13.2. The Labute approximate surface area is 161 Å². The second-order valence-electron chi connectivity index (χ2n) is 6.91. The molecule has 1 saturated heterocycles. The van der Waals surface area contributed by atoms with Crippen LogP contribution < -0.4 is 14.8 Å². The monoisotopic (exact) mass is 368 g/mol. The van der Waals surface area contributed by atoms with Gasteiger partial charge in [0.25, 0.3) is 0 Å². The lowest BCUT2D eigenvalue weighted by Crippen LogP contribution is -2.37. The molecule has 0 spiro atoms. The van der Waals surface area contributed by atoms with Crippen LogP contribution in [0.4, 0.5) is 5.69 Å². The average molecular weight is 368 g/mol. The summed E-state index contributed by atoms with van der Waals surface area (Å²) in [6, 6.07) is 16.4. The zero-order valence-corrected chi connectivity index (χ0v) is 16.1. The van der Waals surface area contributed by atoms with Gasteiger partial charge >= 0.3 is 0 Å². The molecule has 1 fully saturated rings. The molecule has 1 atom stereocenters. The van der Waals surface area contributed by atoms with Gasteiger partial charge in [0.05, 0.1) is 20.8 Å². The van der Waals surface area contributed by atoms with Gasteiger partial charge in [-0.2, -0.15) is 0 Å². The van der Waals surface area contributed by atoms with Crippen LogP contribution in [0.2, 0.25) is 0 Å². The molecular formula is C22H28N2O3. The average Bonchev–Trinajstić information content (AvgIpc) is 3.13. The van der Waals surface area contributed by atoms with E-state index in [9.17, 15) is 4.79 Å². The molecular weight excluding hydrogens is 340 g/mol. The Morgan fingerprint density at radius 1 is 1.11 bits per heavy atom. The Kier molecular flexibility index (Phi) is 6.71. The zero-order valence-electron chi connectivity index (χ0n) is 16.1. The smallest absolute Gasteiger partial charge is 0.238 e. The molecule has 1 unspecified atom stereocenters. The van der Waals surface area contributed by atoms with Crippen LogP contribution in [0, 0.1) is 0 Å². The molecule has 0 aromatic heterocycles. The molecule has 2 aromatic rings. The second kappa shape index (κ2) is 9.42. The van der Waals surface area contributed by atoms with E-state index in [1.54, 1.807) is 26.4 Å². The minimum Gasteiger partial charge on any atom is -0.493 e. The Hall–Kier alpha value is -2.53. The van der Waals surface area contributed by atoms with Crippen LogP contribution in [0.15, 0.2) is 48.5 Å². The summed E-state index contributed by atoms with van der Waals surface area (Å²) in [5, 5.41) is 2.97. The fraction of sp³-hybridized carbons (Fsp3) is 0.409. The van der Waals surface area contributed by atoms with Gasteiger partial charge in [0.1, 0.15) is 0 Å². The van der Waals surface area contributed by atoms with Crippen LogP contribution in [0.3, 0.4) is 0 Å². The lowest BCUT2D eigenvalue weighted by molar-refractivity contribution is -0.117. The summed E-state index contributed by atoms with van der Waals surface area (Å²) in [5.74, 6) is 1.27. The van der Waals surface area contributed by atoms with E-state index in [1.165, 1.54) is 5.56 Å². The van der Waals surface area contributed by atoms with Crippen molar-refractivity contribution in [2.45, 2.75) is 31.7 Å². The molecule has 1 aliphatic rings. The van der Waals surface area contributed by atoms with Gasteiger partial charge in [-0.25, -0.2) is 0 Å². The van der Waals surface area contributed by atoms with Crippen molar-refractivity contribution in [3.05, 3.63) is 54.1 Å². The van der Waals surface area contributed by atoms with E-state index in [2.05, 4.69) is 34.5 Å². The van der Waals surface area contributed by atoms with Gasteiger partial charge in [-0.3, -0.25) is 9.69 Å². The molecule has 1 amide bonds. The number of methoxy groups -OCH3 is 2. The van der Waals surface area contributed by atoms with E-state index in [1.807, 2.05) is 12.1 Å². The summed E-state index contributed by atoms with van der Waals surface area (Å²) in [5.41, 5.74) is 2.08. The van der Waals surface area contributed by atoms with Crippen molar-refractivity contribution in [1.82, 2.24) is 4.90 Å². The highest BCUT2D eigenvalue weighted by molar-refractivity contribution is 5.92. The van der Waals surface area contributed by atoms with Crippen molar-refractivity contribution in [1.29, 1.82) is 0 Å². The SMILES string of the molecule is COc1ccc(NC(=O)CN2CCCC2CCc2ccccc2)cc1OC. The number of hydrogen-bond donors (Lipinski definition) is 1. The molecule has 1 N–H and O–H groups in total. The van der Waals surface area contributed by atoms with E-state index in [0.29, 0.717) is 24.1 Å². The standard InChI is InChI=1S/C22H28N2O3/c1-26-20-13-11-18(15-21(20)27-2)23-22(25)16-24-14-6-9-19(24)12-10-17-7-4-3-5-8-17/h3-5,7-8,11,13,15,19H,6,9-10,12,14,16H2,1-2H3,(H,23,25). The van der Waals surface area contributed by atoms with Crippen LogP contribution in [0.1, 0.15) is 24.8 Å². The Balaban J connectivity index is 1.53. The minimum atomic E-state index is 0.00818. The Morgan fingerprint density at radius 3 is 2.63 bits per heavy atom. The number of nitrogens with one attached hydrogen (secondary N) is 1. The molecule has 1 aliphatic heterocycles. The van der Waals surface area contributed by atoms with Crippen molar-refractivity contribution >= 4 is 11.6 Å². The van der Waals surface area contributed by atoms with Gasteiger partial charge in [0, 0.05) is 17.8 Å². The van der Waals surface area contributed by atoms with Crippen LogP contribution >= 0.6 is 0 Å². The third-order valence-electron chi connectivity index (χ3n) is 5.12. The number of aryl methyl sites for hydroxylation is 1. The molecule has 5 heteroatoms. The topological polar surface area (TPSA) is 50.8 Å². The number of amides is 1. The molecule has 1 heterocycles. The van der Waals surface area contributed by atoms with E-state index >= 15 is 0 Å². The lowest BCUT2D eigenvalue weighted by Gasteiger charge is -2.24. The van der Waals surface area contributed by atoms with Gasteiger partial charge < -0.3 is 14.8 Å². The largest absolute Gasteiger partial charge is 0.493 e. The summed E-state index contributed by atoms with van der Waals surface area (Å²) in [4.78, 5) is 14.8. The lowest BCUT2D eigenvalue weighted by atomic mass is 10.0. The van der Waals surface area contributed by atoms with Crippen molar-refractivity contribution < 1.29 is 14.3 Å². The Bertz CT molecular complexity index is 748. The first-order valence-electron chi connectivity index (χ1n) is 9.49. The number of benzene rings is 2. The molecule has 2 aromatic carbocycles. The molecule has 27 heavy (non-hydrogen) atoms. The van der Waals surface area contributed by atoms with E-state index in [4.69, 9.17) is 9.47 Å². The summed E-state index contributed by atoms with van der Waals surface area (Å²) >= 11 is 0. The van der Waals surface area contributed by atoms with Crippen LogP contribution in [0.25, 0.3) is 0 Å². The molecule has 144 valence electrons.